The van der Waals surface area contributed by atoms with Crippen molar-refractivity contribution in [2.45, 2.75) is 6.18 Å². The Labute approximate surface area is 193 Å². The number of rotatable bonds is 7. The molecule has 0 bridgehead atoms. The number of aromatic nitrogens is 3. The average Bonchev–Trinajstić information content (AvgIpc) is 2.85. The van der Waals surface area contributed by atoms with Crippen LogP contribution in [0.2, 0.25) is 0 Å². The lowest BCUT2D eigenvalue weighted by Gasteiger charge is -2.27. The minimum absolute atomic E-state index is 0.135. The van der Waals surface area contributed by atoms with Crippen LogP contribution in [-0.4, -0.2) is 54.6 Å². The summed E-state index contributed by atoms with van der Waals surface area (Å²) in [6, 6.07) is 12.1. The normalized spacial score (nSPS) is 14.3. The number of alkyl halides is 3. The lowest BCUT2D eigenvalue weighted by Crippen LogP contribution is -2.37. The van der Waals surface area contributed by atoms with Gasteiger partial charge in [-0.1, -0.05) is 12.1 Å². The first-order valence-electron chi connectivity index (χ1n) is 10.4. The topological polar surface area (TPSA) is 96.8 Å². The smallest absolute Gasteiger partial charge is 0.416 e. The third-order valence-electron chi connectivity index (χ3n) is 4.86. The first kappa shape index (κ1) is 23.2. The van der Waals surface area contributed by atoms with Gasteiger partial charge in [-0.05, 0) is 42.0 Å². The SMILES string of the molecule is COc1ccc(Nc2nc(N/N=C\c3cccc(C(F)(F)F)c3)nc(N3CCOCC3)n2)cc1. The second-order valence-electron chi connectivity index (χ2n) is 7.23. The van der Waals surface area contributed by atoms with Crippen molar-refractivity contribution < 1.29 is 22.6 Å². The van der Waals surface area contributed by atoms with Crippen LogP contribution < -0.4 is 20.4 Å². The number of hydrazone groups is 1. The van der Waals surface area contributed by atoms with Gasteiger partial charge in [-0.2, -0.15) is 33.2 Å². The summed E-state index contributed by atoms with van der Waals surface area (Å²) in [6.07, 6.45) is -3.16. The van der Waals surface area contributed by atoms with Crippen LogP contribution in [-0.2, 0) is 10.9 Å². The van der Waals surface area contributed by atoms with E-state index in [-0.39, 0.29) is 17.5 Å². The highest BCUT2D eigenvalue weighted by Gasteiger charge is 2.30. The van der Waals surface area contributed by atoms with Gasteiger partial charge in [-0.15, -0.1) is 0 Å². The number of hydrogen-bond acceptors (Lipinski definition) is 9. The standard InChI is InChI=1S/C22H22F3N7O2/c1-33-18-7-5-17(6-8-18)27-19-28-20(30-21(29-19)32-9-11-34-12-10-32)31-26-14-15-3-2-4-16(13-15)22(23,24)25/h2-8,13-14H,9-12H2,1H3,(H2,27,28,29,30,31)/b26-14-. The highest BCUT2D eigenvalue weighted by Crippen LogP contribution is 2.29. The van der Waals surface area contributed by atoms with Crippen molar-refractivity contribution >= 4 is 29.7 Å². The Kier molecular flexibility index (Phi) is 7.07. The van der Waals surface area contributed by atoms with Gasteiger partial charge in [0.05, 0.1) is 32.1 Å². The van der Waals surface area contributed by atoms with Crippen LogP contribution in [0.1, 0.15) is 11.1 Å². The molecule has 1 aliphatic rings. The summed E-state index contributed by atoms with van der Waals surface area (Å²) < 4.78 is 49.3. The molecule has 9 nitrogen and oxygen atoms in total. The van der Waals surface area contributed by atoms with E-state index in [9.17, 15) is 13.2 Å². The number of nitrogens with zero attached hydrogens (tertiary/aromatic N) is 5. The highest BCUT2D eigenvalue weighted by atomic mass is 19.4. The van der Waals surface area contributed by atoms with E-state index in [0.717, 1.165) is 17.8 Å². The van der Waals surface area contributed by atoms with Crippen molar-refractivity contribution in [2.24, 2.45) is 5.10 Å². The molecule has 2 N–H and O–H groups in total. The van der Waals surface area contributed by atoms with Crippen LogP contribution in [0.5, 0.6) is 5.75 Å². The molecule has 178 valence electrons. The van der Waals surface area contributed by atoms with Crippen LogP contribution in [0.4, 0.5) is 36.7 Å². The molecule has 34 heavy (non-hydrogen) atoms. The van der Waals surface area contributed by atoms with Crippen LogP contribution in [0.15, 0.2) is 53.6 Å². The van der Waals surface area contributed by atoms with Gasteiger partial charge in [0.2, 0.25) is 17.8 Å². The van der Waals surface area contributed by atoms with Gasteiger partial charge in [0.1, 0.15) is 5.75 Å². The summed E-state index contributed by atoms with van der Waals surface area (Å²) in [5.41, 5.74) is 2.94. The lowest BCUT2D eigenvalue weighted by atomic mass is 10.1. The highest BCUT2D eigenvalue weighted by molar-refractivity contribution is 5.80. The van der Waals surface area contributed by atoms with E-state index >= 15 is 0 Å². The molecular formula is C22H22F3N7O2. The Morgan fingerprint density at radius 3 is 2.47 bits per heavy atom. The number of benzene rings is 2. The molecule has 1 fully saturated rings. The van der Waals surface area contributed by atoms with E-state index in [1.165, 1.54) is 18.3 Å². The lowest BCUT2D eigenvalue weighted by molar-refractivity contribution is -0.137. The third-order valence-corrected chi connectivity index (χ3v) is 4.86. The maximum atomic E-state index is 12.9. The zero-order valence-electron chi connectivity index (χ0n) is 18.2. The number of morpholine rings is 1. The Bertz CT molecular complexity index is 1130. The van der Waals surface area contributed by atoms with Crippen molar-refractivity contribution in [3.8, 4) is 5.75 Å². The van der Waals surface area contributed by atoms with Gasteiger partial charge < -0.3 is 19.7 Å². The molecule has 4 rings (SSSR count). The molecule has 0 unspecified atom stereocenters. The van der Waals surface area contributed by atoms with Gasteiger partial charge in [0.25, 0.3) is 0 Å². The molecule has 0 aliphatic carbocycles. The maximum absolute atomic E-state index is 12.9. The maximum Gasteiger partial charge on any atom is 0.416 e. The van der Waals surface area contributed by atoms with E-state index in [2.05, 4.69) is 30.8 Å². The molecule has 1 saturated heterocycles. The van der Waals surface area contributed by atoms with Crippen LogP contribution in [0.3, 0.4) is 0 Å². The summed E-state index contributed by atoms with van der Waals surface area (Å²) in [5.74, 6) is 1.54. The van der Waals surface area contributed by atoms with Crippen LogP contribution in [0.25, 0.3) is 0 Å². The minimum atomic E-state index is -4.43. The van der Waals surface area contributed by atoms with Crippen molar-refractivity contribution in [3.63, 3.8) is 0 Å². The monoisotopic (exact) mass is 473 g/mol. The minimum Gasteiger partial charge on any atom is -0.497 e. The van der Waals surface area contributed by atoms with E-state index in [0.29, 0.717) is 38.0 Å². The van der Waals surface area contributed by atoms with Gasteiger partial charge in [-0.25, -0.2) is 5.43 Å². The summed E-state index contributed by atoms with van der Waals surface area (Å²) in [5, 5.41) is 7.12. The van der Waals surface area contributed by atoms with Gasteiger partial charge in [0.15, 0.2) is 0 Å². The molecule has 2 heterocycles. The number of anilines is 4. The molecule has 1 aromatic heterocycles. The molecule has 0 saturated carbocycles. The molecule has 1 aliphatic heterocycles. The molecule has 3 aromatic rings. The zero-order chi connectivity index (χ0) is 24.0. The summed E-state index contributed by atoms with van der Waals surface area (Å²) >= 11 is 0. The van der Waals surface area contributed by atoms with Gasteiger partial charge in [0, 0.05) is 18.8 Å². The Morgan fingerprint density at radius 2 is 1.76 bits per heavy atom. The Hall–Kier alpha value is -3.93. The average molecular weight is 473 g/mol. The molecule has 0 spiro atoms. The van der Waals surface area contributed by atoms with Crippen LogP contribution in [0, 0.1) is 0 Å². The fraction of sp³-hybridized carbons (Fsp3) is 0.273. The number of nitrogens with one attached hydrogen (secondary N) is 2. The third kappa shape index (κ3) is 6.10. The zero-order valence-corrected chi connectivity index (χ0v) is 18.2. The van der Waals surface area contributed by atoms with Crippen LogP contribution >= 0.6 is 0 Å². The summed E-state index contributed by atoms with van der Waals surface area (Å²) in [7, 11) is 1.58. The van der Waals surface area contributed by atoms with Crippen molar-refractivity contribution in [1.29, 1.82) is 0 Å². The quantitative estimate of drug-likeness (QED) is 0.394. The van der Waals surface area contributed by atoms with Gasteiger partial charge >= 0.3 is 6.18 Å². The Balaban J connectivity index is 1.55. The number of hydrogen-bond donors (Lipinski definition) is 2. The fourth-order valence-corrected chi connectivity index (χ4v) is 3.14. The summed E-state index contributed by atoms with van der Waals surface area (Å²) in [6.45, 7) is 2.31. The predicted molar refractivity (Wildman–Crippen MR) is 122 cm³/mol. The van der Waals surface area contributed by atoms with E-state index in [1.54, 1.807) is 19.2 Å². The number of methoxy groups -OCH3 is 1. The number of ether oxygens (including phenoxy) is 2. The molecule has 2 aromatic carbocycles. The van der Waals surface area contributed by atoms with E-state index < -0.39 is 11.7 Å². The molecule has 12 heteroatoms. The van der Waals surface area contributed by atoms with Crippen molar-refractivity contribution in [2.75, 3.05) is 49.1 Å². The second kappa shape index (κ2) is 10.3. The first-order chi connectivity index (χ1) is 16.4. The van der Waals surface area contributed by atoms with E-state index in [1.807, 2.05) is 17.0 Å². The molecular weight excluding hydrogens is 451 g/mol. The second-order valence-corrected chi connectivity index (χ2v) is 7.23. The Morgan fingerprint density at radius 1 is 1.03 bits per heavy atom. The van der Waals surface area contributed by atoms with Crippen molar-refractivity contribution in [3.05, 3.63) is 59.7 Å². The van der Waals surface area contributed by atoms with E-state index in [4.69, 9.17) is 9.47 Å². The molecule has 0 amide bonds. The first-order valence-corrected chi connectivity index (χ1v) is 10.4. The van der Waals surface area contributed by atoms with Gasteiger partial charge in [-0.3, -0.25) is 0 Å². The molecule has 0 radical (unpaired) electrons. The largest absolute Gasteiger partial charge is 0.497 e. The predicted octanol–water partition coefficient (Wildman–Crippen LogP) is 3.93. The number of halogens is 3. The fourth-order valence-electron chi connectivity index (χ4n) is 3.14. The molecule has 0 atom stereocenters. The summed E-state index contributed by atoms with van der Waals surface area (Å²) in [4.78, 5) is 15.2. The van der Waals surface area contributed by atoms with Crippen molar-refractivity contribution in [1.82, 2.24) is 15.0 Å².